The monoisotopic (exact) mass is 337 g/mol. The van der Waals surface area contributed by atoms with Gasteiger partial charge in [0.25, 0.3) is 0 Å². The molecule has 23 heavy (non-hydrogen) atoms. The van der Waals surface area contributed by atoms with E-state index in [0.717, 1.165) is 36.8 Å². The molecule has 1 aliphatic heterocycles. The van der Waals surface area contributed by atoms with Crippen LogP contribution in [0.1, 0.15) is 12.8 Å². The molecule has 0 amide bonds. The first-order chi connectivity index (χ1) is 11.1. The zero-order valence-corrected chi connectivity index (χ0v) is 13.1. The number of aromatic nitrogens is 3. The summed E-state index contributed by atoms with van der Waals surface area (Å²) in [6, 6.07) is 6.00. The molecule has 1 aromatic heterocycles. The van der Waals surface area contributed by atoms with Crippen LogP contribution in [-0.4, -0.2) is 44.3 Å². The molecule has 3 rings (SSSR count). The lowest BCUT2D eigenvalue weighted by molar-refractivity contribution is -0.133. The Morgan fingerprint density at radius 2 is 2.17 bits per heavy atom. The summed E-state index contributed by atoms with van der Waals surface area (Å²) in [5.74, 6) is -0.731. The van der Waals surface area contributed by atoms with E-state index < -0.39 is 5.97 Å². The fourth-order valence-corrected chi connectivity index (χ4v) is 3.16. The van der Waals surface area contributed by atoms with Gasteiger partial charge in [-0.1, -0.05) is 11.8 Å². The third kappa shape index (κ3) is 3.89. The largest absolute Gasteiger partial charge is 0.481 e. The number of carboxylic acids is 1. The zero-order valence-electron chi connectivity index (χ0n) is 12.3. The Balaban J connectivity index is 1.90. The van der Waals surface area contributed by atoms with E-state index >= 15 is 0 Å². The van der Waals surface area contributed by atoms with Gasteiger partial charge in [0.05, 0.1) is 18.4 Å². The second-order valence-electron chi connectivity index (χ2n) is 5.24. The maximum atomic E-state index is 13.1. The van der Waals surface area contributed by atoms with E-state index in [1.54, 1.807) is 12.1 Å². The van der Waals surface area contributed by atoms with Crippen molar-refractivity contribution >= 4 is 17.7 Å². The van der Waals surface area contributed by atoms with Gasteiger partial charge < -0.3 is 9.84 Å². The zero-order chi connectivity index (χ0) is 16.2. The third-order valence-corrected chi connectivity index (χ3v) is 4.51. The van der Waals surface area contributed by atoms with E-state index in [2.05, 4.69) is 10.2 Å². The molecule has 2 heterocycles. The molecule has 0 spiro atoms. The highest BCUT2D eigenvalue weighted by atomic mass is 32.2. The van der Waals surface area contributed by atoms with Crippen molar-refractivity contribution in [2.75, 3.05) is 12.4 Å². The Labute approximate surface area is 136 Å². The summed E-state index contributed by atoms with van der Waals surface area (Å²) in [6.45, 7) is 1.29. The molecule has 1 atom stereocenters. The van der Waals surface area contributed by atoms with Crippen LogP contribution < -0.4 is 0 Å². The van der Waals surface area contributed by atoms with Crippen LogP contribution in [0.4, 0.5) is 4.39 Å². The number of rotatable bonds is 6. The van der Waals surface area contributed by atoms with Crippen molar-refractivity contribution < 1.29 is 19.0 Å². The highest BCUT2D eigenvalue weighted by Gasteiger charge is 2.22. The second-order valence-corrected chi connectivity index (χ2v) is 6.18. The van der Waals surface area contributed by atoms with Crippen LogP contribution in [-0.2, 0) is 16.1 Å². The van der Waals surface area contributed by atoms with Gasteiger partial charge in [-0.3, -0.25) is 9.36 Å². The number of carbonyl (C=O) groups is 1. The van der Waals surface area contributed by atoms with Gasteiger partial charge in [0.1, 0.15) is 5.82 Å². The van der Waals surface area contributed by atoms with Gasteiger partial charge in [0, 0.05) is 12.2 Å². The minimum absolute atomic E-state index is 0.0642. The van der Waals surface area contributed by atoms with Crippen LogP contribution >= 0.6 is 11.8 Å². The highest BCUT2D eigenvalue weighted by molar-refractivity contribution is 7.99. The van der Waals surface area contributed by atoms with Crippen LogP contribution in [0.25, 0.3) is 11.4 Å². The maximum absolute atomic E-state index is 13.1. The van der Waals surface area contributed by atoms with E-state index in [0.29, 0.717) is 17.5 Å². The van der Waals surface area contributed by atoms with Gasteiger partial charge in [-0.2, -0.15) is 0 Å². The SMILES string of the molecule is O=C(O)CSc1nnc(-c2ccc(F)cc2)n1C[C@@H]1CCCO1. The van der Waals surface area contributed by atoms with Crippen molar-refractivity contribution in [1.82, 2.24) is 14.8 Å². The van der Waals surface area contributed by atoms with Gasteiger partial charge in [-0.05, 0) is 37.1 Å². The molecular weight excluding hydrogens is 321 g/mol. The molecule has 0 unspecified atom stereocenters. The lowest BCUT2D eigenvalue weighted by Gasteiger charge is -2.14. The molecule has 1 fully saturated rings. The summed E-state index contributed by atoms with van der Waals surface area (Å²) in [5, 5.41) is 17.6. The molecule has 0 bridgehead atoms. The lowest BCUT2D eigenvalue weighted by Crippen LogP contribution is -2.17. The second kappa shape index (κ2) is 7.10. The standard InChI is InChI=1S/C15H16FN3O3S/c16-11-5-3-10(4-6-11)14-17-18-15(23-9-13(20)21)19(14)8-12-2-1-7-22-12/h3-6,12H,1-2,7-9H2,(H,20,21)/t12-/m0/s1. The van der Waals surface area contributed by atoms with Crippen molar-refractivity contribution in [3.05, 3.63) is 30.1 Å². The number of ether oxygens (including phenoxy) is 1. The minimum Gasteiger partial charge on any atom is -0.481 e. The molecule has 2 aromatic rings. The summed E-state index contributed by atoms with van der Waals surface area (Å²) in [6.07, 6.45) is 2.02. The first-order valence-electron chi connectivity index (χ1n) is 7.29. The van der Waals surface area contributed by atoms with Crippen molar-refractivity contribution in [3.63, 3.8) is 0 Å². The van der Waals surface area contributed by atoms with Gasteiger partial charge in [-0.15, -0.1) is 10.2 Å². The number of carboxylic acid groups (broad SMARTS) is 1. The summed E-state index contributed by atoms with van der Waals surface area (Å²) < 4.78 is 20.6. The number of hydrogen-bond acceptors (Lipinski definition) is 5. The Kier molecular flexibility index (Phi) is 4.92. The van der Waals surface area contributed by atoms with Crippen LogP contribution in [0.2, 0.25) is 0 Å². The molecule has 1 aromatic carbocycles. The number of benzene rings is 1. The van der Waals surface area contributed by atoms with E-state index in [4.69, 9.17) is 9.84 Å². The molecule has 8 heteroatoms. The summed E-state index contributed by atoms with van der Waals surface area (Å²) >= 11 is 1.12. The van der Waals surface area contributed by atoms with Gasteiger partial charge in [0.2, 0.25) is 0 Å². The van der Waals surface area contributed by atoms with Crippen LogP contribution in [0.15, 0.2) is 29.4 Å². The first kappa shape index (κ1) is 15.9. The molecule has 6 nitrogen and oxygen atoms in total. The third-order valence-electron chi connectivity index (χ3n) is 3.55. The summed E-state index contributed by atoms with van der Waals surface area (Å²) in [7, 11) is 0. The van der Waals surface area contributed by atoms with Crippen molar-refractivity contribution in [2.45, 2.75) is 30.6 Å². The van der Waals surface area contributed by atoms with E-state index in [-0.39, 0.29) is 17.7 Å². The number of hydrogen-bond donors (Lipinski definition) is 1. The first-order valence-corrected chi connectivity index (χ1v) is 8.27. The summed E-state index contributed by atoms with van der Waals surface area (Å²) in [4.78, 5) is 10.8. The quantitative estimate of drug-likeness (QED) is 0.816. The number of thioether (sulfide) groups is 1. The molecule has 0 aliphatic carbocycles. The fourth-order valence-electron chi connectivity index (χ4n) is 2.49. The molecule has 122 valence electrons. The van der Waals surface area contributed by atoms with Gasteiger partial charge >= 0.3 is 5.97 Å². The van der Waals surface area contributed by atoms with Crippen molar-refractivity contribution in [3.8, 4) is 11.4 Å². The van der Waals surface area contributed by atoms with Crippen LogP contribution in [0.5, 0.6) is 0 Å². The van der Waals surface area contributed by atoms with Gasteiger partial charge in [-0.25, -0.2) is 4.39 Å². The van der Waals surface area contributed by atoms with Crippen molar-refractivity contribution in [2.24, 2.45) is 0 Å². The molecule has 0 radical (unpaired) electrons. The fraction of sp³-hybridized carbons (Fsp3) is 0.400. The topological polar surface area (TPSA) is 77.2 Å². The molecule has 0 saturated carbocycles. The highest BCUT2D eigenvalue weighted by Crippen LogP contribution is 2.26. The van der Waals surface area contributed by atoms with Crippen LogP contribution in [0.3, 0.4) is 0 Å². The minimum atomic E-state index is -0.912. The number of aliphatic carboxylic acids is 1. The summed E-state index contributed by atoms with van der Waals surface area (Å²) in [5.41, 5.74) is 0.735. The Morgan fingerprint density at radius 1 is 1.39 bits per heavy atom. The molecule has 1 aliphatic rings. The Morgan fingerprint density at radius 3 is 2.83 bits per heavy atom. The molecule has 1 saturated heterocycles. The van der Waals surface area contributed by atoms with Gasteiger partial charge in [0.15, 0.2) is 11.0 Å². The Hall–Kier alpha value is -1.93. The molecule has 1 N–H and O–H groups in total. The molecular formula is C15H16FN3O3S. The predicted molar refractivity (Wildman–Crippen MR) is 82.7 cm³/mol. The average Bonchev–Trinajstić information content (AvgIpc) is 3.17. The van der Waals surface area contributed by atoms with E-state index in [1.807, 2.05) is 4.57 Å². The lowest BCUT2D eigenvalue weighted by atomic mass is 10.2. The normalized spacial score (nSPS) is 17.5. The maximum Gasteiger partial charge on any atom is 0.313 e. The average molecular weight is 337 g/mol. The van der Waals surface area contributed by atoms with E-state index in [1.165, 1.54) is 12.1 Å². The predicted octanol–water partition coefficient (Wildman–Crippen LogP) is 2.44. The van der Waals surface area contributed by atoms with Crippen molar-refractivity contribution in [1.29, 1.82) is 0 Å². The number of halogens is 1. The van der Waals surface area contributed by atoms with E-state index in [9.17, 15) is 9.18 Å². The van der Waals surface area contributed by atoms with Crippen LogP contribution in [0, 0.1) is 5.82 Å². The number of nitrogens with zero attached hydrogens (tertiary/aromatic N) is 3. The Bertz CT molecular complexity index is 684. The smallest absolute Gasteiger partial charge is 0.313 e.